The van der Waals surface area contributed by atoms with Gasteiger partial charge in [0.05, 0.1) is 5.02 Å². The molecule has 6 nitrogen and oxygen atoms in total. The number of anilines is 1. The maximum absolute atomic E-state index is 12.3. The summed E-state index contributed by atoms with van der Waals surface area (Å²) in [5.74, 6) is 0.224. The SMILES string of the molecule is O=C(COc1ccc(Cl)cc1Cl)Nc1nonc1-c1ccc2c(c1)CCCC2. The Morgan fingerprint density at radius 3 is 2.71 bits per heavy atom. The van der Waals surface area contributed by atoms with E-state index in [0.29, 0.717) is 21.5 Å². The van der Waals surface area contributed by atoms with Crippen molar-refractivity contribution in [3.63, 3.8) is 0 Å². The zero-order chi connectivity index (χ0) is 19.5. The van der Waals surface area contributed by atoms with Gasteiger partial charge in [0, 0.05) is 10.6 Å². The number of aryl methyl sites for hydroxylation is 2. The molecule has 8 heteroatoms. The molecule has 0 spiro atoms. The van der Waals surface area contributed by atoms with Crippen LogP contribution < -0.4 is 10.1 Å². The molecule has 1 amide bonds. The molecule has 0 atom stereocenters. The molecule has 1 N–H and O–H groups in total. The van der Waals surface area contributed by atoms with Crippen molar-refractivity contribution in [2.45, 2.75) is 25.7 Å². The van der Waals surface area contributed by atoms with Crippen molar-refractivity contribution in [2.75, 3.05) is 11.9 Å². The summed E-state index contributed by atoms with van der Waals surface area (Å²) in [5.41, 5.74) is 4.03. The number of carbonyl (C=O) groups is 1. The van der Waals surface area contributed by atoms with Gasteiger partial charge >= 0.3 is 0 Å². The Bertz CT molecular complexity index is 1020. The molecule has 0 saturated carbocycles. The van der Waals surface area contributed by atoms with E-state index in [9.17, 15) is 4.79 Å². The van der Waals surface area contributed by atoms with Crippen LogP contribution in [0, 0.1) is 0 Å². The number of carbonyl (C=O) groups excluding carboxylic acids is 1. The fourth-order valence-corrected chi connectivity index (χ4v) is 3.71. The summed E-state index contributed by atoms with van der Waals surface area (Å²) < 4.78 is 10.3. The highest BCUT2D eigenvalue weighted by molar-refractivity contribution is 6.35. The molecule has 28 heavy (non-hydrogen) atoms. The van der Waals surface area contributed by atoms with Crippen LogP contribution in [0.3, 0.4) is 0 Å². The third kappa shape index (κ3) is 4.13. The average molecular weight is 418 g/mol. The zero-order valence-electron chi connectivity index (χ0n) is 14.9. The molecule has 0 aliphatic heterocycles. The first-order valence-corrected chi connectivity index (χ1v) is 9.68. The summed E-state index contributed by atoms with van der Waals surface area (Å²) >= 11 is 11.9. The maximum Gasteiger partial charge on any atom is 0.263 e. The first-order valence-electron chi connectivity index (χ1n) is 8.92. The van der Waals surface area contributed by atoms with E-state index in [4.69, 9.17) is 32.6 Å². The van der Waals surface area contributed by atoms with E-state index in [2.05, 4.69) is 27.8 Å². The molecule has 0 bridgehead atoms. The molecule has 0 fully saturated rings. The largest absolute Gasteiger partial charge is 0.482 e. The molecule has 4 rings (SSSR count). The summed E-state index contributed by atoms with van der Waals surface area (Å²) in [6, 6.07) is 11.0. The summed E-state index contributed by atoms with van der Waals surface area (Å²) in [6.45, 7) is -0.238. The topological polar surface area (TPSA) is 77.2 Å². The van der Waals surface area contributed by atoms with Crippen molar-refractivity contribution in [1.29, 1.82) is 0 Å². The Morgan fingerprint density at radius 1 is 1.07 bits per heavy atom. The molecule has 1 aliphatic carbocycles. The highest BCUT2D eigenvalue weighted by Gasteiger charge is 2.18. The minimum absolute atomic E-state index is 0.238. The Labute approximate surface area is 171 Å². The van der Waals surface area contributed by atoms with E-state index in [-0.39, 0.29) is 12.4 Å². The lowest BCUT2D eigenvalue weighted by molar-refractivity contribution is -0.118. The van der Waals surface area contributed by atoms with Gasteiger partial charge in [-0.3, -0.25) is 4.79 Å². The van der Waals surface area contributed by atoms with Gasteiger partial charge in [0.25, 0.3) is 5.91 Å². The molecule has 0 radical (unpaired) electrons. The van der Waals surface area contributed by atoms with Crippen molar-refractivity contribution in [3.05, 3.63) is 57.6 Å². The van der Waals surface area contributed by atoms with Gasteiger partial charge in [0.1, 0.15) is 5.75 Å². The number of nitrogens with zero attached hydrogens (tertiary/aromatic N) is 2. The zero-order valence-corrected chi connectivity index (χ0v) is 16.4. The van der Waals surface area contributed by atoms with Crippen LogP contribution in [0.15, 0.2) is 41.0 Å². The molecule has 3 aromatic rings. The van der Waals surface area contributed by atoms with Crippen molar-refractivity contribution in [2.24, 2.45) is 0 Å². The Kier molecular flexibility index (Phi) is 5.50. The fourth-order valence-electron chi connectivity index (χ4n) is 3.24. The molecule has 144 valence electrons. The van der Waals surface area contributed by atoms with Crippen LogP contribution in [0.1, 0.15) is 24.0 Å². The van der Waals surface area contributed by atoms with Crippen molar-refractivity contribution < 1.29 is 14.2 Å². The fraction of sp³-hybridized carbons (Fsp3) is 0.250. The normalized spacial score (nSPS) is 13.1. The van der Waals surface area contributed by atoms with E-state index in [0.717, 1.165) is 18.4 Å². The Balaban J connectivity index is 1.45. The number of hydrogen-bond donors (Lipinski definition) is 1. The minimum Gasteiger partial charge on any atom is -0.482 e. The lowest BCUT2D eigenvalue weighted by Gasteiger charge is -2.16. The molecule has 0 saturated heterocycles. The highest BCUT2D eigenvalue weighted by atomic mass is 35.5. The summed E-state index contributed by atoms with van der Waals surface area (Å²) in [4.78, 5) is 12.3. The van der Waals surface area contributed by atoms with Crippen molar-refractivity contribution in [3.8, 4) is 17.0 Å². The van der Waals surface area contributed by atoms with Crippen LogP contribution in [-0.2, 0) is 17.6 Å². The summed E-state index contributed by atoms with van der Waals surface area (Å²) in [5, 5.41) is 11.3. The summed E-state index contributed by atoms with van der Waals surface area (Å²) in [7, 11) is 0. The maximum atomic E-state index is 12.3. The predicted molar refractivity (Wildman–Crippen MR) is 107 cm³/mol. The predicted octanol–water partition coefficient (Wildman–Crippen LogP) is 4.94. The van der Waals surface area contributed by atoms with Gasteiger partial charge < -0.3 is 10.1 Å². The Hall–Kier alpha value is -2.57. The molecule has 1 aliphatic rings. The van der Waals surface area contributed by atoms with Gasteiger partial charge in [-0.1, -0.05) is 35.3 Å². The second-order valence-electron chi connectivity index (χ2n) is 6.56. The first-order chi connectivity index (χ1) is 13.6. The molecule has 0 unspecified atom stereocenters. The lowest BCUT2D eigenvalue weighted by atomic mass is 9.90. The van der Waals surface area contributed by atoms with Gasteiger partial charge in [0.15, 0.2) is 12.3 Å². The molecule has 1 heterocycles. The van der Waals surface area contributed by atoms with Crippen LogP contribution in [0.2, 0.25) is 10.0 Å². The van der Waals surface area contributed by atoms with Gasteiger partial charge in [-0.05, 0) is 71.4 Å². The third-order valence-electron chi connectivity index (χ3n) is 4.62. The standard InChI is InChI=1S/C20H17Cl2N3O3/c21-15-7-8-17(16(22)10-15)27-11-18(26)23-20-19(24-28-25-20)14-6-5-12-3-1-2-4-13(12)9-14/h5-10H,1-4,11H2,(H,23,25,26). The third-order valence-corrected chi connectivity index (χ3v) is 5.15. The number of nitrogens with one attached hydrogen (secondary N) is 1. The van der Waals surface area contributed by atoms with Gasteiger partial charge in [-0.15, -0.1) is 0 Å². The molecule has 2 aromatic carbocycles. The second-order valence-corrected chi connectivity index (χ2v) is 7.41. The van der Waals surface area contributed by atoms with E-state index < -0.39 is 5.91 Å². The number of aromatic nitrogens is 2. The number of ether oxygens (including phenoxy) is 1. The van der Waals surface area contributed by atoms with Crippen LogP contribution in [-0.4, -0.2) is 22.8 Å². The second kappa shape index (κ2) is 8.20. The quantitative estimate of drug-likeness (QED) is 0.635. The number of hydrogen-bond acceptors (Lipinski definition) is 5. The highest BCUT2D eigenvalue weighted by Crippen LogP contribution is 2.30. The summed E-state index contributed by atoms with van der Waals surface area (Å²) in [6.07, 6.45) is 4.55. The van der Waals surface area contributed by atoms with Crippen molar-refractivity contribution >= 4 is 34.9 Å². The lowest BCUT2D eigenvalue weighted by Crippen LogP contribution is -2.20. The van der Waals surface area contributed by atoms with E-state index >= 15 is 0 Å². The monoisotopic (exact) mass is 417 g/mol. The van der Waals surface area contributed by atoms with Crippen LogP contribution >= 0.6 is 23.2 Å². The number of halogens is 2. The number of benzene rings is 2. The van der Waals surface area contributed by atoms with E-state index in [1.54, 1.807) is 18.2 Å². The minimum atomic E-state index is -0.402. The average Bonchev–Trinajstić information content (AvgIpc) is 3.15. The molecular weight excluding hydrogens is 401 g/mol. The van der Waals surface area contributed by atoms with Gasteiger partial charge in [-0.2, -0.15) is 0 Å². The molecular formula is C20H17Cl2N3O3. The van der Waals surface area contributed by atoms with E-state index in [1.807, 2.05) is 6.07 Å². The van der Waals surface area contributed by atoms with Gasteiger partial charge in [-0.25, -0.2) is 4.63 Å². The number of amides is 1. The first kappa shape index (κ1) is 18.8. The smallest absolute Gasteiger partial charge is 0.263 e. The molecule has 1 aromatic heterocycles. The van der Waals surface area contributed by atoms with Gasteiger partial charge in [0.2, 0.25) is 5.82 Å². The van der Waals surface area contributed by atoms with Crippen LogP contribution in [0.5, 0.6) is 5.75 Å². The number of fused-ring (bicyclic) bond motifs is 1. The van der Waals surface area contributed by atoms with E-state index in [1.165, 1.54) is 24.0 Å². The Morgan fingerprint density at radius 2 is 1.89 bits per heavy atom. The number of rotatable bonds is 5. The van der Waals surface area contributed by atoms with Crippen LogP contribution in [0.25, 0.3) is 11.3 Å². The van der Waals surface area contributed by atoms with Crippen molar-refractivity contribution in [1.82, 2.24) is 10.3 Å². The van der Waals surface area contributed by atoms with Crippen LogP contribution in [0.4, 0.5) is 5.82 Å².